The van der Waals surface area contributed by atoms with Gasteiger partial charge in [-0.15, -0.1) is 0 Å². The average Bonchev–Trinajstić information content (AvgIpc) is 2.96. The van der Waals surface area contributed by atoms with Crippen LogP contribution in [0.3, 0.4) is 0 Å². The van der Waals surface area contributed by atoms with Crippen molar-refractivity contribution in [1.29, 1.82) is 5.41 Å². The average molecular weight is 525 g/mol. The molecule has 4 aromatic rings. The molecule has 39 heavy (non-hydrogen) atoms. The summed E-state index contributed by atoms with van der Waals surface area (Å²) >= 11 is 0. The zero-order chi connectivity index (χ0) is 27.8. The number of aromatic carboxylic acids is 1. The molecule has 0 aliphatic carbocycles. The van der Waals surface area contributed by atoms with E-state index in [1.807, 2.05) is 30.3 Å². The molecule has 4 aromatic carbocycles. The Hall–Kier alpha value is -5.31. The van der Waals surface area contributed by atoms with Gasteiger partial charge in [-0.25, -0.2) is 4.79 Å². The lowest BCUT2D eigenvalue weighted by Crippen LogP contribution is -2.33. The van der Waals surface area contributed by atoms with E-state index in [-0.39, 0.29) is 17.3 Å². The number of ether oxygens (including phenoxy) is 2. The third-order valence-electron chi connectivity index (χ3n) is 5.91. The van der Waals surface area contributed by atoms with E-state index < -0.39 is 12.0 Å². The van der Waals surface area contributed by atoms with Gasteiger partial charge in [0.1, 0.15) is 17.6 Å². The number of carbonyl (C=O) groups excluding carboxylic acids is 1. The molecule has 0 aromatic heterocycles. The number of hydrogen-bond acceptors (Lipinski definition) is 6. The van der Waals surface area contributed by atoms with Crippen molar-refractivity contribution in [2.24, 2.45) is 5.73 Å². The summed E-state index contributed by atoms with van der Waals surface area (Å²) in [5.74, 6) is -0.315. The molecule has 0 spiro atoms. The van der Waals surface area contributed by atoms with Crippen molar-refractivity contribution in [2.45, 2.75) is 12.6 Å². The van der Waals surface area contributed by atoms with E-state index in [1.165, 1.54) is 19.2 Å². The molecule has 1 amide bonds. The number of amides is 1. The second kappa shape index (κ2) is 12.3. The third kappa shape index (κ3) is 6.92. The highest BCUT2D eigenvalue weighted by Gasteiger charge is 2.23. The quantitative estimate of drug-likeness (QED) is 0.138. The van der Waals surface area contributed by atoms with Gasteiger partial charge in [-0.1, -0.05) is 42.5 Å². The predicted octanol–water partition coefficient (Wildman–Crippen LogP) is 4.94. The Balaban J connectivity index is 1.61. The molecule has 9 nitrogen and oxygen atoms in total. The number of nitrogens with two attached hydrogens (primary N) is 1. The lowest BCUT2D eigenvalue weighted by atomic mass is 10.0. The zero-order valence-corrected chi connectivity index (χ0v) is 21.2. The van der Waals surface area contributed by atoms with Crippen LogP contribution in [-0.2, 0) is 11.3 Å². The van der Waals surface area contributed by atoms with E-state index in [0.717, 1.165) is 5.56 Å². The van der Waals surface area contributed by atoms with E-state index in [1.54, 1.807) is 54.6 Å². The molecule has 1 unspecified atom stereocenters. The molecular formula is C30H28N4O5. The Kier molecular flexibility index (Phi) is 8.43. The third-order valence-corrected chi connectivity index (χ3v) is 5.91. The fourth-order valence-corrected chi connectivity index (χ4v) is 3.87. The van der Waals surface area contributed by atoms with Gasteiger partial charge in [0.05, 0.1) is 12.7 Å². The van der Waals surface area contributed by atoms with E-state index in [4.69, 9.17) is 20.6 Å². The summed E-state index contributed by atoms with van der Waals surface area (Å²) in [7, 11) is 1.48. The molecule has 0 aliphatic rings. The number of carboxylic acids is 1. The van der Waals surface area contributed by atoms with Crippen LogP contribution >= 0.6 is 0 Å². The molecule has 9 heteroatoms. The number of carbonyl (C=O) groups is 2. The van der Waals surface area contributed by atoms with Gasteiger partial charge in [0.25, 0.3) is 0 Å². The van der Waals surface area contributed by atoms with E-state index in [0.29, 0.717) is 40.6 Å². The lowest BCUT2D eigenvalue weighted by molar-refractivity contribution is -0.122. The summed E-state index contributed by atoms with van der Waals surface area (Å²) in [4.78, 5) is 24.7. The highest BCUT2D eigenvalue weighted by molar-refractivity contribution is 5.95. The van der Waals surface area contributed by atoms with Gasteiger partial charge >= 0.3 is 5.97 Å². The molecule has 1 atom stereocenters. The highest BCUT2D eigenvalue weighted by Crippen LogP contribution is 2.35. The second-order valence-corrected chi connectivity index (χ2v) is 8.62. The van der Waals surface area contributed by atoms with Crippen LogP contribution in [0, 0.1) is 5.41 Å². The highest BCUT2D eigenvalue weighted by atomic mass is 16.5. The van der Waals surface area contributed by atoms with Crippen molar-refractivity contribution in [3.05, 3.63) is 119 Å². The van der Waals surface area contributed by atoms with Gasteiger partial charge in [-0.3, -0.25) is 10.2 Å². The maximum Gasteiger partial charge on any atom is 0.335 e. The normalized spacial score (nSPS) is 11.2. The molecule has 4 rings (SSSR count). The summed E-state index contributed by atoms with van der Waals surface area (Å²) in [5, 5.41) is 23.1. The minimum absolute atomic E-state index is 0.0482. The van der Waals surface area contributed by atoms with Gasteiger partial charge in [0.2, 0.25) is 5.91 Å². The summed E-state index contributed by atoms with van der Waals surface area (Å²) in [6, 6.07) is 26.9. The first kappa shape index (κ1) is 26.7. The first-order chi connectivity index (χ1) is 18.8. The van der Waals surface area contributed by atoms with Crippen molar-refractivity contribution in [3.63, 3.8) is 0 Å². The smallest absolute Gasteiger partial charge is 0.335 e. The molecule has 0 heterocycles. The number of anilines is 1. The summed E-state index contributed by atoms with van der Waals surface area (Å²) in [6.07, 6.45) is 0. The fraction of sp³-hybridized carbons (Fsp3) is 0.100. The van der Waals surface area contributed by atoms with Gasteiger partial charge in [0.15, 0.2) is 11.5 Å². The monoisotopic (exact) mass is 524 g/mol. The molecule has 0 radical (unpaired) electrons. The topological polar surface area (TPSA) is 147 Å². The van der Waals surface area contributed by atoms with Crippen LogP contribution in [0.1, 0.15) is 33.1 Å². The lowest BCUT2D eigenvalue weighted by Gasteiger charge is -2.22. The maximum atomic E-state index is 13.4. The number of nitrogens with one attached hydrogen (secondary N) is 3. The van der Waals surface area contributed by atoms with Crippen LogP contribution in [-0.4, -0.2) is 29.9 Å². The predicted molar refractivity (Wildman–Crippen MR) is 149 cm³/mol. The number of benzene rings is 4. The van der Waals surface area contributed by atoms with Crippen LogP contribution in [0.15, 0.2) is 97.1 Å². The van der Waals surface area contributed by atoms with Gasteiger partial charge in [-0.2, -0.15) is 0 Å². The van der Waals surface area contributed by atoms with Crippen molar-refractivity contribution < 1.29 is 24.2 Å². The fourth-order valence-electron chi connectivity index (χ4n) is 3.87. The van der Waals surface area contributed by atoms with E-state index in [9.17, 15) is 14.7 Å². The molecule has 0 fully saturated rings. The summed E-state index contributed by atoms with van der Waals surface area (Å²) in [6.45, 7) is 0.347. The molecular weight excluding hydrogens is 496 g/mol. The number of nitrogen functional groups attached to an aromatic ring is 1. The summed E-state index contributed by atoms with van der Waals surface area (Å²) in [5.41, 5.74) is 8.46. The first-order valence-electron chi connectivity index (χ1n) is 12.1. The number of rotatable bonds is 11. The number of carboxylic acid groups (broad SMARTS) is 1. The molecule has 0 saturated heterocycles. The Morgan fingerprint density at radius 3 is 2.31 bits per heavy atom. The van der Waals surface area contributed by atoms with E-state index >= 15 is 0 Å². The molecule has 6 N–H and O–H groups in total. The van der Waals surface area contributed by atoms with Crippen LogP contribution in [0.2, 0.25) is 0 Å². The van der Waals surface area contributed by atoms with Crippen molar-refractivity contribution in [1.82, 2.24) is 5.32 Å². The van der Waals surface area contributed by atoms with Crippen molar-refractivity contribution in [2.75, 3.05) is 12.4 Å². The maximum absolute atomic E-state index is 13.4. The van der Waals surface area contributed by atoms with Gasteiger partial charge in [0, 0.05) is 17.8 Å². The van der Waals surface area contributed by atoms with Crippen LogP contribution < -0.4 is 25.8 Å². The Bertz CT molecular complexity index is 1470. The SMILES string of the molecule is COc1cc(C(Nc2ccc(C(=N)N)cc2)C(=O)NCc2ccccc2)ccc1Oc1cccc(C(=O)O)c1. The number of amidine groups is 1. The van der Waals surface area contributed by atoms with Crippen LogP contribution in [0.4, 0.5) is 5.69 Å². The number of methoxy groups -OCH3 is 1. The Morgan fingerprint density at radius 1 is 0.897 bits per heavy atom. The first-order valence-corrected chi connectivity index (χ1v) is 12.1. The number of hydrogen-bond donors (Lipinski definition) is 5. The zero-order valence-electron chi connectivity index (χ0n) is 21.2. The van der Waals surface area contributed by atoms with Gasteiger partial charge in [-0.05, 0) is 65.7 Å². The minimum Gasteiger partial charge on any atom is -0.493 e. The second-order valence-electron chi connectivity index (χ2n) is 8.62. The molecule has 198 valence electrons. The molecule has 0 saturated carbocycles. The minimum atomic E-state index is -1.06. The molecule has 0 bridgehead atoms. The largest absolute Gasteiger partial charge is 0.493 e. The Morgan fingerprint density at radius 2 is 1.64 bits per heavy atom. The van der Waals surface area contributed by atoms with E-state index in [2.05, 4.69) is 10.6 Å². The van der Waals surface area contributed by atoms with Crippen LogP contribution in [0.5, 0.6) is 17.2 Å². The van der Waals surface area contributed by atoms with Crippen molar-refractivity contribution >= 4 is 23.4 Å². The molecule has 0 aliphatic heterocycles. The van der Waals surface area contributed by atoms with Gasteiger partial charge < -0.3 is 30.9 Å². The standard InChI is InChI=1S/C30H28N4O5/c1-38-26-17-21(12-15-25(26)39-24-9-5-8-22(16-24)30(36)37)27(29(35)33-18-19-6-3-2-4-7-19)34-23-13-10-20(11-14-23)28(31)32/h2-17,27,34H,18H2,1H3,(H3,31,32)(H,33,35)(H,36,37). The Labute approximate surface area is 225 Å². The van der Waals surface area contributed by atoms with Crippen LogP contribution in [0.25, 0.3) is 0 Å². The summed E-state index contributed by atoms with van der Waals surface area (Å²) < 4.78 is 11.5. The van der Waals surface area contributed by atoms with Crippen molar-refractivity contribution in [3.8, 4) is 17.2 Å².